The van der Waals surface area contributed by atoms with Crippen LogP contribution in [0.2, 0.25) is 0 Å². The molecule has 16 heavy (non-hydrogen) atoms. The van der Waals surface area contributed by atoms with E-state index in [1.165, 1.54) is 6.08 Å². The lowest BCUT2D eigenvalue weighted by Gasteiger charge is -2.04. The highest BCUT2D eigenvalue weighted by molar-refractivity contribution is 7.89. The van der Waals surface area contributed by atoms with Gasteiger partial charge in [0.25, 0.3) is 0 Å². The highest BCUT2D eigenvalue weighted by Gasteiger charge is 2.22. The highest BCUT2D eigenvalue weighted by atomic mass is 32.2. The van der Waals surface area contributed by atoms with Crippen molar-refractivity contribution >= 4 is 10.0 Å². The molecule has 6 heteroatoms. The van der Waals surface area contributed by atoms with Crippen molar-refractivity contribution in [2.75, 3.05) is 6.54 Å². The van der Waals surface area contributed by atoms with Crippen molar-refractivity contribution in [2.45, 2.75) is 18.7 Å². The molecular weight excluding hydrogens is 226 g/mol. The Morgan fingerprint density at radius 1 is 1.56 bits per heavy atom. The molecule has 0 amide bonds. The molecule has 0 aliphatic rings. The summed E-state index contributed by atoms with van der Waals surface area (Å²) < 4.78 is 27.8. The van der Waals surface area contributed by atoms with Crippen molar-refractivity contribution in [3.8, 4) is 0 Å². The van der Waals surface area contributed by atoms with Crippen molar-refractivity contribution in [1.29, 1.82) is 0 Å². The zero-order valence-electron chi connectivity index (χ0n) is 9.61. The Hall–Kier alpha value is -1.36. The Balaban J connectivity index is 3.12. The summed E-state index contributed by atoms with van der Waals surface area (Å²) >= 11 is 0. The van der Waals surface area contributed by atoms with Gasteiger partial charge in [0.15, 0.2) is 0 Å². The minimum atomic E-state index is -3.51. The number of hydrogen-bond acceptors (Lipinski definition) is 3. The zero-order valence-corrected chi connectivity index (χ0v) is 10.4. The topological polar surface area (TPSA) is 64.0 Å². The van der Waals surface area contributed by atoms with Gasteiger partial charge in [-0.15, -0.1) is 5.73 Å². The van der Waals surface area contributed by atoms with Crippen LogP contribution in [0.1, 0.15) is 11.4 Å². The third-order valence-corrected chi connectivity index (χ3v) is 3.91. The fourth-order valence-electron chi connectivity index (χ4n) is 1.44. The summed E-state index contributed by atoms with van der Waals surface area (Å²) in [6, 6.07) is 0. The van der Waals surface area contributed by atoms with Crippen molar-refractivity contribution in [3.05, 3.63) is 29.8 Å². The zero-order chi connectivity index (χ0) is 12.3. The fraction of sp³-hybridized carbons (Fsp3) is 0.400. The fourth-order valence-corrected chi connectivity index (χ4v) is 2.84. The van der Waals surface area contributed by atoms with Crippen LogP contribution < -0.4 is 4.72 Å². The first-order chi connectivity index (χ1) is 7.40. The van der Waals surface area contributed by atoms with Crippen LogP contribution in [0.15, 0.2) is 23.3 Å². The molecule has 0 aliphatic carbocycles. The largest absolute Gasteiger partial charge is 0.271 e. The van der Waals surface area contributed by atoms with Crippen LogP contribution in [-0.2, 0) is 17.1 Å². The second kappa shape index (κ2) is 4.65. The molecule has 0 aliphatic heterocycles. The van der Waals surface area contributed by atoms with Crippen molar-refractivity contribution in [1.82, 2.24) is 14.5 Å². The molecule has 0 fully saturated rings. The molecule has 1 aromatic rings. The molecule has 88 valence electrons. The first-order valence-electron chi connectivity index (χ1n) is 4.74. The molecule has 0 spiro atoms. The summed E-state index contributed by atoms with van der Waals surface area (Å²) in [4.78, 5) is 0.243. The van der Waals surface area contributed by atoms with Crippen LogP contribution in [0.4, 0.5) is 0 Å². The molecule has 1 heterocycles. The van der Waals surface area contributed by atoms with E-state index in [4.69, 9.17) is 0 Å². The van der Waals surface area contributed by atoms with Crippen LogP contribution in [0, 0.1) is 13.8 Å². The molecule has 0 aromatic carbocycles. The molecule has 0 atom stereocenters. The van der Waals surface area contributed by atoms with E-state index in [0.717, 1.165) is 0 Å². The van der Waals surface area contributed by atoms with Gasteiger partial charge < -0.3 is 0 Å². The molecule has 0 bridgehead atoms. The smallest absolute Gasteiger partial charge is 0.244 e. The van der Waals surface area contributed by atoms with E-state index in [1.807, 2.05) is 0 Å². The van der Waals surface area contributed by atoms with Crippen molar-refractivity contribution in [2.24, 2.45) is 7.05 Å². The lowest BCUT2D eigenvalue weighted by atomic mass is 10.4. The third-order valence-electron chi connectivity index (χ3n) is 2.23. The number of aryl methyl sites for hydroxylation is 2. The molecule has 0 unspecified atom stereocenters. The summed E-state index contributed by atoms with van der Waals surface area (Å²) in [6.07, 6.45) is 1.51. The van der Waals surface area contributed by atoms with E-state index < -0.39 is 10.0 Å². The SMILES string of the molecule is C=C=CCNS(=O)(=O)c1c(C)nn(C)c1C. The number of rotatable bonds is 4. The van der Waals surface area contributed by atoms with Gasteiger partial charge in [-0.25, -0.2) is 13.1 Å². The Bertz CT molecular complexity index is 537. The molecule has 1 rings (SSSR count). The predicted molar refractivity (Wildman–Crippen MR) is 61.6 cm³/mol. The average molecular weight is 241 g/mol. The van der Waals surface area contributed by atoms with E-state index >= 15 is 0 Å². The van der Waals surface area contributed by atoms with E-state index in [2.05, 4.69) is 22.1 Å². The molecular formula is C10H15N3O2S. The minimum absolute atomic E-state index is 0.180. The van der Waals surface area contributed by atoms with Gasteiger partial charge in [0.05, 0.1) is 11.4 Å². The maximum Gasteiger partial charge on any atom is 0.244 e. The van der Waals surface area contributed by atoms with Gasteiger partial charge in [0.2, 0.25) is 10.0 Å². The molecule has 5 nitrogen and oxygen atoms in total. The lowest BCUT2D eigenvalue weighted by Crippen LogP contribution is -2.24. The minimum Gasteiger partial charge on any atom is -0.271 e. The van der Waals surface area contributed by atoms with Gasteiger partial charge in [-0.05, 0) is 19.9 Å². The normalized spacial score (nSPS) is 11.2. The Morgan fingerprint density at radius 3 is 2.62 bits per heavy atom. The van der Waals surface area contributed by atoms with Gasteiger partial charge in [0, 0.05) is 13.6 Å². The quantitative estimate of drug-likeness (QED) is 0.787. The second-order valence-corrected chi connectivity index (χ2v) is 5.09. The van der Waals surface area contributed by atoms with Gasteiger partial charge in [-0.3, -0.25) is 4.68 Å². The molecule has 0 saturated heterocycles. The first-order valence-corrected chi connectivity index (χ1v) is 6.22. The number of sulfonamides is 1. The summed E-state index contributed by atoms with van der Waals surface area (Å²) in [6.45, 7) is 6.93. The number of nitrogens with zero attached hydrogens (tertiary/aromatic N) is 2. The Morgan fingerprint density at radius 2 is 2.19 bits per heavy atom. The first kappa shape index (κ1) is 12.7. The predicted octanol–water partition coefficient (Wildman–Crippen LogP) is 0.656. The van der Waals surface area contributed by atoms with Gasteiger partial charge >= 0.3 is 0 Å². The average Bonchev–Trinajstić information content (AvgIpc) is 2.41. The maximum atomic E-state index is 11.9. The third kappa shape index (κ3) is 2.41. The summed E-state index contributed by atoms with van der Waals surface area (Å²) in [7, 11) is -1.79. The molecule has 1 N–H and O–H groups in total. The van der Waals surface area contributed by atoms with E-state index in [0.29, 0.717) is 11.4 Å². The van der Waals surface area contributed by atoms with Gasteiger partial charge in [0.1, 0.15) is 4.90 Å². The maximum absolute atomic E-state index is 11.9. The molecule has 1 aromatic heterocycles. The number of nitrogens with one attached hydrogen (secondary N) is 1. The van der Waals surface area contributed by atoms with E-state index in [9.17, 15) is 8.42 Å². The van der Waals surface area contributed by atoms with Crippen LogP contribution in [-0.4, -0.2) is 24.7 Å². The van der Waals surface area contributed by atoms with Crippen LogP contribution in [0.25, 0.3) is 0 Å². The second-order valence-electron chi connectivity index (χ2n) is 3.38. The van der Waals surface area contributed by atoms with Crippen LogP contribution >= 0.6 is 0 Å². The monoisotopic (exact) mass is 241 g/mol. The summed E-state index contributed by atoms with van der Waals surface area (Å²) in [5.41, 5.74) is 3.62. The van der Waals surface area contributed by atoms with Crippen molar-refractivity contribution < 1.29 is 8.42 Å². The number of aromatic nitrogens is 2. The van der Waals surface area contributed by atoms with E-state index in [-0.39, 0.29) is 11.4 Å². The summed E-state index contributed by atoms with van der Waals surface area (Å²) in [5, 5.41) is 4.06. The summed E-state index contributed by atoms with van der Waals surface area (Å²) in [5.74, 6) is 0. The lowest BCUT2D eigenvalue weighted by molar-refractivity contribution is 0.584. The van der Waals surface area contributed by atoms with Crippen LogP contribution in [0.3, 0.4) is 0 Å². The van der Waals surface area contributed by atoms with Gasteiger partial charge in [-0.1, -0.05) is 6.58 Å². The van der Waals surface area contributed by atoms with Crippen LogP contribution in [0.5, 0.6) is 0 Å². The molecule has 0 radical (unpaired) electrons. The highest BCUT2D eigenvalue weighted by Crippen LogP contribution is 2.17. The Labute approximate surface area is 95.5 Å². The standard InChI is InChI=1S/C10H15N3O2S/c1-5-6-7-11-16(14,15)10-8(2)12-13(4)9(10)3/h6,11H,1,7H2,2-4H3. The van der Waals surface area contributed by atoms with Crippen molar-refractivity contribution in [3.63, 3.8) is 0 Å². The van der Waals surface area contributed by atoms with E-state index in [1.54, 1.807) is 25.6 Å². The Kier molecular flexibility index (Phi) is 3.70. The molecule has 0 saturated carbocycles. The van der Waals surface area contributed by atoms with Gasteiger partial charge in [-0.2, -0.15) is 5.10 Å². The number of hydrogen-bond donors (Lipinski definition) is 1.